The van der Waals surface area contributed by atoms with Gasteiger partial charge in [0.15, 0.2) is 15.5 Å². The molecule has 0 atom stereocenters. The fourth-order valence-electron chi connectivity index (χ4n) is 3.38. The minimum atomic E-state index is -3.30. The van der Waals surface area contributed by atoms with E-state index in [4.69, 9.17) is 9.84 Å². The lowest BCUT2D eigenvalue weighted by molar-refractivity contribution is 0.0516. The lowest BCUT2D eigenvalue weighted by Gasteiger charge is -2.06. The van der Waals surface area contributed by atoms with Crippen molar-refractivity contribution in [2.45, 2.75) is 11.8 Å². The topological polar surface area (TPSA) is 77.7 Å². The van der Waals surface area contributed by atoms with Gasteiger partial charge in [-0.25, -0.2) is 17.7 Å². The Labute approximate surface area is 174 Å². The molecule has 6 nitrogen and oxygen atoms in total. The molecule has 0 amide bonds. The van der Waals surface area contributed by atoms with Crippen LogP contribution in [0.2, 0.25) is 0 Å². The number of carbonyl (C=O) groups excluding carboxylic acids is 1. The van der Waals surface area contributed by atoms with Gasteiger partial charge in [-0.05, 0) is 36.8 Å². The number of nitrogens with zero attached hydrogens (tertiary/aromatic N) is 2. The van der Waals surface area contributed by atoms with Crippen molar-refractivity contribution in [2.24, 2.45) is 0 Å². The number of hydrogen-bond donors (Lipinski definition) is 0. The van der Waals surface area contributed by atoms with Crippen molar-refractivity contribution in [1.82, 2.24) is 9.61 Å². The van der Waals surface area contributed by atoms with Crippen LogP contribution >= 0.6 is 0 Å². The van der Waals surface area contributed by atoms with E-state index in [1.165, 1.54) is 6.26 Å². The molecule has 0 bridgehead atoms. The summed E-state index contributed by atoms with van der Waals surface area (Å²) >= 11 is 0. The van der Waals surface area contributed by atoms with E-state index in [-0.39, 0.29) is 11.5 Å². The van der Waals surface area contributed by atoms with Gasteiger partial charge in [-0.15, -0.1) is 0 Å². The molecule has 4 rings (SSSR count). The number of aromatic nitrogens is 2. The molecule has 0 radical (unpaired) electrons. The number of benzene rings is 2. The van der Waals surface area contributed by atoms with Crippen molar-refractivity contribution in [1.29, 1.82) is 0 Å². The van der Waals surface area contributed by atoms with Crippen LogP contribution in [0, 0.1) is 0 Å². The van der Waals surface area contributed by atoms with Gasteiger partial charge >= 0.3 is 5.97 Å². The number of hydrogen-bond acceptors (Lipinski definition) is 5. The van der Waals surface area contributed by atoms with Crippen molar-refractivity contribution < 1.29 is 17.9 Å². The van der Waals surface area contributed by atoms with Crippen LogP contribution in [0.1, 0.15) is 17.4 Å². The maximum Gasteiger partial charge on any atom is 0.356 e. The first-order valence-electron chi connectivity index (χ1n) is 9.45. The molecule has 0 aliphatic rings. The van der Waals surface area contributed by atoms with Gasteiger partial charge in [0.2, 0.25) is 0 Å². The first kappa shape index (κ1) is 19.8. The lowest BCUT2D eigenvalue weighted by Crippen LogP contribution is -2.10. The maximum atomic E-state index is 12.5. The molecule has 0 spiro atoms. The molecule has 4 aromatic rings. The number of pyridine rings is 1. The molecule has 0 aliphatic heterocycles. The Hall–Kier alpha value is -3.45. The molecule has 2 heterocycles. The number of rotatable bonds is 5. The van der Waals surface area contributed by atoms with Crippen LogP contribution in [0.3, 0.4) is 0 Å². The van der Waals surface area contributed by atoms with Crippen molar-refractivity contribution in [3.63, 3.8) is 0 Å². The Balaban J connectivity index is 1.99. The highest BCUT2D eigenvalue weighted by Gasteiger charge is 2.21. The second-order valence-electron chi connectivity index (χ2n) is 6.81. The van der Waals surface area contributed by atoms with E-state index >= 15 is 0 Å². The van der Waals surface area contributed by atoms with Crippen LogP contribution in [0.5, 0.6) is 0 Å². The third-order valence-corrected chi connectivity index (χ3v) is 5.89. The molecule has 2 aromatic heterocycles. The largest absolute Gasteiger partial charge is 0.461 e. The molecular formula is C23H20N2O4S. The Morgan fingerprint density at radius 1 is 0.933 bits per heavy atom. The first-order chi connectivity index (χ1) is 14.4. The van der Waals surface area contributed by atoms with Crippen LogP contribution in [0.15, 0.2) is 77.7 Å². The molecule has 0 saturated heterocycles. The summed E-state index contributed by atoms with van der Waals surface area (Å²) in [5, 5.41) is 4.73. The summed E-state index contributed by atoms with van der Waals surface area (Å²) in [6.45, 7) is 2.02. The van der Waals surface area contributed by atoms with Crippen LogP contribution in [-0.2, 0) is 14.6 Å². The molecule has 152 valence electrons. The Bertz CT molecular complexity index is 1330. The summed E-state index contributed by atoms with van der Waals surface area (Å²) < 4.78 is 30.5. The molecule has 2 aromatic carbocycles. The summed E-state index contributed by atoms with van der Waals surface area (Å²) in [6, 6.07) is 21.7. The minimum absolute atomic E-state index is 0.246. The standard InChI is InChI=1S/C23H20N2O4S/c1-3-29-23(26)20-11-7-10-19-21(16-12-14-18(15-13-16)30(2,27)28)22(24-25(19)20)17-8-5-4-6-9-17/h4-15H,3H2,1-2H3. The lowest BCUT2D eigenvalue weighted by atomic mass is 10.00. The Morgan fingerprint density at radius 3 is 2.27 bits per heavy atom. The van der Waals surface area contributed by atoms with E-state index in [0.29, 0.717) is 11.4 Å². The molecule has 0 fully saturated rings. The summed E-state index contributed by atoms with van der Waals surface area (Å²) in [7, 11) is -3.30. The second-order valence-corrected chi connectivity index (χ2v) is 8.83. The van der Waals surface area contributed by atoms with Gasteiger partial charge in [0.05, 0.1) is 17.0 Å². The molecular weight excluding hydrogens is 400 g/mol. The summed E-state index contributed by atoms with van der Waals surface area (Å²) in [6.07, 6.45) is 1.18. The maximum absolute atomic E-state index is 12.5. The highest BCUT2D eigenvalue weighted by atomic mass is 32.2. The zero-order valence-electron chi connectivity index (χ0n) is 16.6. The van der Waals surface area contributed by atoms with Gasteiger partial charge in [-0.2, -0.15) is 5.10 Å². The summed E-state index contributed by atoms with van der Waals surface area (Å²) in [5.74, 6) is -0.454. The molecule has 0 N–H and O–H groups in total. The zero-order valence-corrected chi connectivity index (χ0v) is 17.4. The van der Waals surface area contributed by atoms with E-state index in [1.54, 1.807) is 47.8 Å². The van der Waals surface area contributed by atoms with Gasteiger partial charge in [-0.1, -0.05) is 48.5 Å². The van der Waals surface area contributed by atoms with Crippen molar-refractivity contribution in [3.8, 4) is 22.4 Å². The monoisotopic (exact) mass is 420 g/mol. The third kappa shape index (κ3) is 3.59. The third-order valence-electron chi connectivity index (χ3n) is 4.76. The number of carbonyl (C=O) groups is 1. The second kappa shape index (κ2) is 7.76. The van der Waals surface area contributed by atoms with Crippen molar-refractivity contribution in [3.05, 3.63) is 78.5 Å². The van der Waals surface area contributed by atoms with E-state index in [1.807, 2.05) is 36.4 Å². The van der Waals surface area contributed by atoms with E-state index in [9.17, 15) is 13.2 Å². The van der Waals surface area contributed by atoms with E-state index < -0.39 is 15.8 Å². The normalized spacial score (nSPS) is 11.5. The number of ether oxygens (including phenoxy) is 1. The van der Waals surface area contributed by atoms with Gasteiger partial charge in [0.1, 0.15) is 5.69 Å². The smallest absolute Gasteiger partial charge is 0.356 e. The van der Waals surface area contributed by atoms with Crippen LogP contribution in [0.25, 0.3) is 27.9 Å². The zero-order chi connectivity index (χ0) is 21.3. The van der Waals surface area contributed by atoms with E-state index in [2.05, 4.69) is 0 Å². The number of fused-ring (bicyclic) bond motifs is 1. The fraction of sp³-hybridized carbons (Fsp3) is 0.130. The molecule has 7 heteroatoms. The molecule has 0 aliphatic carbocycles. The predicted octanol–water partition coefficient (Wildman–Crippen LogP) is 4.25. The average molecular weight is 420 g/mol. The Kier molecular flexibility index (Phi) is 5.13. The van der Waals surface area contributed by atoms with Gasteiger partial charge in [0.25, 0.3) is 0 Å². The van der Waals surface area contributed by atoms with E-state index in [0.717, 1.165) is 22.2 Å². The molecule has 30 heavy (non-hydrogen) atoms. The highest BCUT2D eigenvalue weighted by molar-refractivity contribution is 7.90. The average Bonchev–Trinajstić information content (AvgIpc) is 3.13. The summed E-state index contributed by atoms with van der Waals surface area (Å²) in [4.78, 5) is 12.7. The molecule has 0 saturated carbocycles. The highest BCUT2D eigenvalue weighted by Crippen LogP contribution is 2.36. The van der Waals surface area contributed by atoms with Crippen LogP contribution < -0.4 is 0 Å². The van der Waals surface area contributed by atoms with Gasteiger partial charge in [0, 0.05) is 17.4 Å². The van der Waals surface area contributed by atoms with Crippen LogP contribution in [0.4, 0.5) is 0 Å². The van der Waals surface area contributed by atoms with Crippen molar-refractivity contribution >= 4 is 21.3 Å². The SMILES string of the molecule is CCOC(=O)c1cccc2c(-c3ccc(S(C)(=O)=O)cc3)c(-c3ccccc3)nn12. The summed E-state index contributed by atoms with van der Waals surface area (Å²) in [5.41, 5.74) is 4.25. The predicted molar refractivity (Wildman–Crippen MR) is 115 cm³/mol. The van der Waals surface area contributed by atoms with Gasteiger partial charge in [-0.3, -0.25) is 0 Å². The minimum Gasteiger partial charge on any atom is -0.461 e. The number of esters is 1. The number of sulfone groups is 1. The Morgan fingerprint density at radius 2 is 1.63 bits per heavy atom. The van der Waals surface area contributed by atoms with Gasteiger partial charge < -0.3 is 4.74 Å². The molecule has 0 unspecified atom stereocenters. The fourth-order valence-corrected chi connectivity index (χ4v) is 4.01. The van der Waals surface area contributed by atoms with Crippen molar-refractivity contribution in [2.75, 3.05) is 12.9 Å². The quantitative estimate of drug-likeness (QED) is 0.451. The van der Waals surface area contributed by atoms with Crippen LogP contribution in [-0.4, -0.2) is 36.9 Å². The first-order valence-corrected chi connectivity index (χ1v) is 11.3.